The zero-order chi connectivity index (χ0) is 17.8. The Kier molecular flexibility index (Phi) is 5.04. The Labute approximate surface area is 144 Å². The lowest BCUT2D eigenvalue weighted by molar-refractivity contribution is -0.121. The monoisotopic (exact) mass is 342 g/mol. The Bertz CT molecular complexity index is 862. The Morgan fingerprint density at radius 1 is 1.40 bits per heavy atom. The van der Waals surface area contributed by atoms with Gasteiger partial charge in [0.25, 0.3) is 0 Å². The molecular formula is C18H19FN4O2. The fourth-order valence-corrected chi connectivity index (χ4v) is 2.69. The summed E-state index contributed by atoms with van der Waals surface area (Å²) >= 11 is 0. The predicted octanol–water partition coefficient (Wildman–Crippen LogP) is 0.924. The normalized spacial score (nSPS) is 19.6. The van der Waals surface area contributed by atoms with Crippen molar-refractivity contribution in [3.05, 3.63) is 69.9 Å². The van der Waals surface area contributed by atoms with Gasteiger partial charge in [-0.2, -0.15) is 0 Å². The van der Waals surface area contributed by atoms with Crippen LogP contribution in [0, 0.1) is 5.82 Å². The van der Waals surface area contributed by atoms with Crippen LogP contribution in [-0.4, -0.2) is 29.4 Å². The fourth-order valence-electron chi connectivity index (χ4n) is 2.69. The summed E-state index contributed by atoms with van der Waals surface area (Å²) in [5.41, 5.74) is 1.47. The molecule has 0 radical (unpaired) electrons. The van der Waals surface area contributed by atoms with E-state index in [0.717, 1.165) is 5.56 Å². The first-order valence-electron chi connectivity index (χ1n) is 7.98. The average molecular weight is 342 g/mol. The summed E-state index contributed by atoms with van der Waals surface area (Å²) in [6.45, 7) is 0.471. The van der Waals surface area contributed by atoms with Crippen molar-refractivity contribution in [2.75, 3.05) is 6.54 Å². The highest BCUT2D eigenvalue weighted by Crippen LogP contribution is 2.12. The molecule has 0 saturated carbocycles. The van der Waals surface area contributed by atoms with E-state index in [0.29, 0.717) is 12.1 Å². The first-order valence-corrected chi connectivity index (χ1v) is 7.98. The maximum Gasteiger partial charge on any atom is 0.250 e. The minimum atomic E-state index is -0.371. The standard InChI is InChI=1S/C18H19FN4O2/c1-23-11-13(5-6-18(23)25)15-9-21-16(10-20-15)22-17(24)8-12-3-2-4-14(19)7-12/h2-7,9,11,15-16,20H,8,10H2,1H3,(H,22,24). The Morgan fingerprint density at radius 2 is 2.24 bits per heavy atom. The second-order valence-corrected chi connectivity index (χ2v) is 5.99. The molecule has 1 aliphatic rings. The van der Waals surface area contributed by atoms with Crippen molar-refractivity contribution in [2.45, 2.75) is 18.6 Å². The molecule has 3 rings (SSSR count). The van der Waals surface area contributed by atoms with Gasteiger partial charge in [-0.25, -0.2) is 4.39 Å². The van der Waals surface area contributed by atoms with E-state index in [1.54, 1.807) is 37.7 Å². The van der Waals surface area contributed by atoms with Gasteiger partial charge in [0.05, 0.1) is 12.5 Å². The van der Waals surface area contributed by atoms with Crippen LogP contribution in [0.25, 0.3) is 0 Å². The third-order valence-electron chi connectivity index (χ3n) is 4.00. The number of carbonyl (C=O) groups is 1. The topological polar surface area (TPSA) is 75.5 Å². The van der Waals surface area contributed by atoms with Crippen molar-refractivity contribution in [3.63, 3.8) is 0 Å². The summed E-state index contributed by atoms with van der Waals surface area (Å²) in [5.74, 6) is -0.571. The predicted molar refractivity (Wildman–Crippen MR) is 93.0 cm³/mol. The van der Waals surface area contributed by atoms with Crippen LogP contribution in [-0.2, 0) is 18.3 Å². The highest BCUT2D eigenvalue weighted by Gasteiger charge is 2.19. The molecule has 2 heterocycles. The summed E-state index contributed by atoms with van der Waals surface area (Å²) in [6.07, 6.45) is 3.21. The summed E-state index contributed by atoms with van der Waals surface area (Å²) in [7, 11) is 1.70. The van der Waals surface area contributed by atoms with Gasteiger partial charge in [-0.1, -0.05) is 18.2 Å². The van der Waals surface area contributed by atoms with Gasteiger partial charge in [0.2, 0.25) is 11.5 Å². The van der Waals surface area contributed by atoms with E-state index in [9.17, 15) is 14.0 Å². The number of hydrogen-bond acceptors (Lipinski definition) is 4. The second kappa shape index (κ2) is 7.40. The molecular weight excluding hydrogens is 323 g/mol. The van der Waals surface area contributed by atoms with E-state index in [1.165, 1.54) is 22.8 Å². The molecule has 2 N–H and O–H groups in total. The van der Waals surface area contributed by atoms with Gasteiger partial charge >= 0.3 is 0 Å². The highest BCUT2D eigenvalue weighted by molar-refractivity contribution is 5.79. The molecule has 0 spiro atoms. The van der Waals surface area contributed by atoms with E-state index in [4.69, 9.17) is 0 Å². The first kappa shape index (κ1) is 17.0. The first-order chi connectivity index (χ1) is 12.0. The van der Waals surface area contributed by atoms with E-state index in [1.807, 2.05) is 0 Å². The Morgan fingerprint density at radius 3 is 2.92 bits per heavy atom. The number of aromatic nitrogens is 1. The van der Waals surface area contributed by atoms with Crippen LogP contribution in [0.3, 0.4) is 0 Å². The van der Waals surface area contributed by atoms with Gasteiger partial charge in [0.15, 0.2) is 0 Å². The lowest BCUT2D eigenvalue weighted by Crippen LogP contribution is -2.45. The van der Waals surface area contributed by atoms with Gasteiger partial charge in [-0.3, -0.25) is 14.6 Å². The average Bonchev–Trinajstić information content (AvgIpc) is 2.58. The zero-order valence-electron chi connectivity index (χ0n) is 13.8. The molecule has 1 aromatic heterocycles. The van der Waals surface area contributed by atoms with Crippen molar-refractivity contribution in [2.24, 2.45) is 12.0 Å². The van der Waals surface area contributed by atoms with Crippen LogP contribution in [0.5, 0.6) is 0 Å². The third kappa shape index (κ3) is 4.39. The molecule has 6 nitrogen and oxygen atoms in total. The number of carbonyl (C=O) groups excluding carboxylic acids is 1. The van der Waals surface area contributed by atoms with Gasteiger partial charge < -0.3 is 15.2 Å². The molecule has 0 saturated heterocycles. The third-order valence-corrected chi connectivity index (χ3v) is 4.00. The van der Waals surface area contributed by atoms with Crippen molar-refractivity contribution in [1.29, 1.82) is 0 Å². The molecule has 0 fully saturated rings. The number of halogens is 1. The molecule has 0 bridgehead atoms. The quantitative estimate of drug-likeness (QED) is 0.868. The number of rotatable bonds is 4. The van der Waals surface area contributed by atoms with Gasteiger partial charge in [-0.15, -0.1) is 0 Å². The molecule has 7 heteroatoms. The van der Waals surface area contributed by atoms with Crippen molar-refractivity contribution >= 4 is 12.1 Å². The molecule has 1 aliphatic heterocycles. The highest BCUT2D eigenvalue weighted by atomic mass is 19.1. The van der Waals surface area contributed by atoms with Crippen LogP contribution in [0.2, 0.25) is 0 Å². The largest absolute Gasteiger partial charge is 0.333 e. The van der Waals surface area contributed by atoms with Crippen LogP contribution < -0.4 is 16.2 Å². The number of amides is 1. The van der Waals surface area contributed by atoms with Crippen LogP contribution in [0.15, 0.2) is 52.4 Å². The zero-order valence-corrected chi connectivity index (χ0v) is 13.8. The van der Waals surface area contributed by atoms with E-state index in [-0.39, 0.29) is 35.9 Å². The SMILES string of the molecule is Cn1cc(C2C=NC(NC(=O)Cc3cccc(F)c3)CN2)ccc1=O. The molecule has 1 aromatic carbocycles. The van der Waals surface area contributed by atoms with Crippen LogP contribution in [0.1, 0.15) is 17.2 Å². The molecule has 25 heavy (non-hydrogen) atoms. The lowest BCUT2D eigenvalue weighted by atomic mass is 10.1. The number of nitrogens with one attached hydrogen (secondary N) is 2. The number of aliphatic imine (C=N–C) groups is 1. The van der Waals surface area contributed by atoms with Gasteiger partial charge in [0.1, 0.15) is 12.0 Å². The molecule has 130 valence electrons. The smallest absolute Gasteiger partial charge is 0.250 e. The molecule has 2 aromatic rings. The molecule has 1 amide bonds. The lowest BCUT2D eigenvalue weighted by Gasteiger charge is -2.25. The number of hydrogen-bond donors (Lipinski definition) is 2. The number of aryl methyl sites for hydroxylation is 1. The maximum absolute atomic E-state index is 13.1. The molecule has 0 aliphatic carbocycles. The van der Waals surface area contributed by atoms with Gasteiger partial charge in [-0.05, 0) is 23.3 Å². The van der Waals surface area contributed by atoms with E-state index < -0.39 is 0 Å². The van der Waals surface area contributed by atoms with Crippen molar-refractivity contribution in [3.8, 4) is 0 Å². The maximum atomic E-state index is 13.1. The Balaban J connectivity index is 1.58. The summed E-state index contributed by atoms with van der Waals surface area (Å²) in [6, 6.07) is 9.14. The number of benzene rings is 1. The van der Waals surface area contributed by atoms with E-state index >= 15 is 0 Å². The minimum absolute atomic E-state index is 0.0704. The molecule has 2 atom stereocenters. The van der Waals surface area contributed by atoms with Crippen molar-refractivity contribution < 1.29 is 9.18 Å². The number of nitrogens with zero attached hydrogens (tertiary/aromatic N) is 2. The summed E-state index contributed by atoms with van der Waals surface area (Å²) < 4.78 is 14.7. The molecule has 2 unspecified atom stereocenters. The summed E-state index contributed by atoms with van der Waals surface area (Å²) in [4.78, 5) is 27.8. The fraction of sp³-hybridized carbons (Fsp3) is 0.278. The van der Waals surface area contributed by atoms with Gasteiger partial charge in [0, 0.05) is 32.1 Å². The number of pyridine rings is 1. The minimum Gasteiger partial charge on any atom is -0.333 e. The summed E-state index contributed by atoms with van der Waals surface area (Å²) in [5, 5.41) is 6.07. The van der Waals surface area contributed by atoms with Crippen LogP contribution in [0.4, 0.5) is 4.39 Å². The Hall–Kier alpha value is -2.80. The second-order valence-electron chi connectivity index (χ2n) is 5.99. The van der Waals surface area contributed by atoms with Crippen LogP contribution >= 0.6 is 0 Å². The van der Waals surface area contributed by atoms with Crippen molar-refractivity contribution in [1.82, 2.24) is 15.2 Å². The van der Waals surface area contributed by atoms with E-state index in [2.05, 4.69) is 15.6 Å².